The second-order valence-corrected chi connectivity index (χ2v) is 8.26. The molecule has 2 N–H and O–H groups in total. The number of aryl methyl sites for hydroxylation is 1. The number of nitrogens with one attached hydrogen (secondary N) is 2. The summed E-state index contributed by atoms with van der Waals surface area (Å²) in [6, 6.07) is 10.9. The molecule has 0 aliphatic carbocycles. The summed E-state index contributed by atoms with van der Waals surface area (Å²) in [6.45, 7) is 5.31. The zero-order valence-electron chi connectivity index (χ0n) is 19.8. The number of ether oxygens (including phenoxy) is 1. The Morgan fingerprint density at radius 2 is 2.14 bits per heavy atom. The van der Waals surface area contributed by atoms with Gasteiger partial charge in [-0.3, -0.25) is 0 Å². The Morgan fingerprint density at radius 3 is 2.97 bits per heavy atom. The molecule has 4 rings (SSSR count). The van der Waals surface area contributed by atoms with E-state index >= 15 is 0 Å². The third-order valence-corrected chi connectivity index (χ3v) is 5.53. The molecule has 1 atom stereocenters. The fourth-order valence-corrected chi connectivity index (χ4v) is 3.84. The summed E-state index contributed by atoms with van der Waals surface area (Å²) in [6.07, 6.45) is 4.18. The van der Waals surface area contributed by atoms with Gasteiger partial charge in [0.05, 0.1) is 35.6 Å². The lowest BCUT2D eigenvalue weighted by molar-refractivity contribution is 0.0820. The molecule has 1 fully saturated rings. The van der Waals surface area contributed by atoms with E-state index in [4.69, 9.17) is 4.74 Å². The Morgan fingerprint density at radius 1 is 1.26 bits per heavy atom. The van der Waals surface area contributed by atoms with Crippen molar-refractivity contribution in [1.82, 2.24) is 15.0 Å². The van der Waals surface area contributed by atoms with Crippen LogP contribution in [0.3, 0.4) is 0 Å². The molecule has 0 amide bonds. The molecule has 8 nitrogen and oxygen atoms in total. The highest BCUT2D eigenvalue weighted by Gasteiger charge is 2.20. The monoisotopic (exact) mass is 481 g/mol. The largest absolute Gasteiger partial charge is 0.377 e. The number of aromatic nitrogens is 3. The molecule has 35 heavy (non-hydrogen) atoms. The van der Waals surface area contributed by atoms with E-state index in [-0.39, 0.29) is 17.9 Å². The predicted octanol–water partition coefficient (Wildman–Crippen LogP) is 4.85. The van der Waals surface area contributed by atoms with Crippen LogP contribution >= 0.6 is 0 Å². The van der Waals surface area contributed by atoms with Crippen LogP contribution in [-0.2, 0) is 17.8 Å². The zero-order chi connectivity index (χ0) is 24.6. The molecule has 1 aromatic carbocycles. The molecule has 0 saturated carbocycles. The number of halogens is 2. The van der Waals surface area contributed by atoms with Crippen molar-refractivity contribution in [3.05, 3.63) is 65.4 Å². The summed E-state index contributed by atoms with van der Waals surface area (Å²) in [7, 11) is 0. The minimum absolute atomic E-state index is 0.00905. The van der Waals surface area contributed by atoms with Crippen molar-refractivity contribution in [2.75, 3.05) is 35.3 Å². The highest BCUT2D eigenvalue weighted by atomic mass is 19.1. The summed E-state index contributed by atoms with van der Waals surface area (Å²) in [4.78, 5) is 14.8. The Balaban J connectivity index is 1.44. The lowest BCUT2D eigenvalue weighted by Crippen LogP contribution is -2.31. The number of hydrogen-bond acceptors (Lipinski definition) is 8. The van der Waals surface area contributed by atoms with Crippen LogP contribution in [0.15, 0.2) is 47.7 Å². The van der Waals surface area contributed by atoms with E-state index < -0.39 is 12.5 Å². The first-order chi connectivity index (χ1) is 17.1. The van der Waals surface area contributed by atoms with Gasteiger partial charge in [0, 0.05) is 25.4 Å². The quantitative estimate of drug-likeness (QED) is 0.351. The number of hydrazone groups is 1. The van der Waals surface area contributed by atoms with E-state index in [9.17, 15) is 8.78 Å². The number of nitrogens with zero attached hydrogens (tertiary/aromatic N) is 5. The SMILES string of the molecule is CCc1nc(/C=N/Nc2ncc(F)c(N3CCCOC(C)C3)n2)ccc1Nc1cccc(CF)c1. The van der Waals surface area contributed by atoms with E-state index in [2.05, 4.69) is 30.8 Å². The number of anilines is 4. The maximum atomic E-state index is 14.4. The molecule has 3 aromatic rings. The first-order valence-electron chi connectivity index (χ1n) is 11.7. The summed E-state index contributed by atoms with van der Waals surface area (Å²) >= 11 is 0. The highest BCUT2D eigenvalue weighted by molar-refractivity contribution is 5.78. The Hall–Kier alpha value is -3.66. The minimum Gasteiger partial charge on any atom is -0.377 e. The van der Waals surface area contributed by atoms with Crippen molar-refractivity contribution in [1.29, 1.82) is 0 Å². The average Bonchev–Trinajstić information content (AvgIpc) is 3.10. The van der Waals surface area contributed by atoms with Gasteiger partial charge in [-0.2, -0.15) is 10.1 Å². The predicted molar refractivity (Wildman–Crippen MR) is 134 cm³/mol. The number of pyridine rings is 1. The fraction of sp³-hybridized carbons (Fsp3) is 0.360. The van der Waals surface area contributed by atoms with Crippen LogP contribution in [0.2, 0.25) is 0 Å². The van der Waals surface area contributed by atoms with Crippen LogP contribution in [0.5, 0.6) is 0 Å². The number of alkyl halides is 1. The van der Waals surface area contributed by atoms with E-state index in [0.29, 0.717) is 37.4 Å². The van der Waals surface area contributed by atoms with Gasteiger partial charge >= 0.3 is 0 Å². The third-order valence-electron chi connectivity index (χ3n) is 5.53. The molecule has 0 spiro atoms. The number of hydrogen-bond donors (Lipinski definition) is 2. The van der Waals surface area contributed by atoms with Gasteiger partial charge in [0.2, 0.25) is 5.95 Å². The Bertz CT molecular complexity index is 1170. The first-order valence-corrected chi connectivity index (χ1v) is 11.7. The molecule has 2 aromatic heterocycles. The van der Waals surface area contributed by atoms with Gasteiger partial charge in [-0.05, 0) is 49.6 Å². The molecule has 1 saturated heterocycles. The molecule has 10 heteroatoms. The second kappa shape index (κ2) is 11.7. The normalized spacial score (nSPS) is 16.3. The van der Waals surface area contributed by atoms with Crippen LogP contribution in [-0.4, -0.2) is 47.0 Å². The summed E-state index contributed by atoms with van der Waals surface area (Å²) in [5.74, 6) is -0.0612. The number of benzene rings is 1. The van der Waals surface area contributed by atoms with Crippen LogP contribution in [0.1, 0.15) is 37.2 Å². The van der Waals surface area contributed by atoms with Gasteiger partial charge in [-0.1, -0.05) is 19.1 Å². The summed E-state index contributed by atoms with van der Waals surface area (Å²) in [5.41, 5.74) is 6.50. The molecular formula is C25H29F2N7O. The van der Waals surface area contributed by atoms with Crippen molar-refractivity contribution in [2.24, 2.45) is 5.10 Å². The molecular weight excluding hydrogens is 452 g/mol. The van der Waals surface area contributed by atoms with Crippen molar-refractivity contribution < 1.29 is 13.5 Å². The molecule has 3 heterocycles. The first kappa shape index (κ1) is 24.5. The van der Waals surface area contributed by atoms with Gasteiger partial charge in [0.1, 0.15) is 6.67 Å². The van der Waals surface area contributed by atoms with Gasteiger partial charge in [-0.25, -0.2) is 24.2 Å². The maximum Gasteiger partial charge on any atom is 0.245 e. The average molecular weight is 482 g/mol. The molecule has 0 radical (unpaired) electrons. The van der Waals surface area contributed by atoms with Gasteiger partial charge in [0.25, 0.3) is 0 Å². The van der Waals surface area contributed by atoms with Crippen molar-refractivity contribution in [2.45, 2.75) is 39.5 Å². The molecule has 1 aliphatic rings. The fourth-order valence-electron chi connectivity index (χ4n) is 3.84. The van der Waals surface area contributed by atoms with Crippen LogP contribution in [0, 0.1) is 5.82 Å². The van der Waals surface area contributed by atoms with Crippen molar-refractivity contribution >= 4 is 29.4 Å². The second-order valence-electron chi connectivity index (χ2n) is 8.26. The van der Waals surface area contributed by atoms with Gasteiger partial charge in [0.15, 0.2) is 11.6 Å². The van der Waals surface area contributed by atoms with Crippen molar-refractivity contribution in [3.8, 4) is 0 Å². The summed E-state index contributed by atoms with van der Waals surface area (Å²) in [5, 5.41) is 7.48. The smallest absolute Gasteiger partial charge is 0.245 e. The molecule has 0 bridgehead atoms. The summed E-state index contributed by atoms with van der Waals surface area (Å²) < 4.78 is 33.0. The maximum absolute atomic E-state index is 14.4. The Kier molecular flexibility index (Phi) is 8.15. The van der Waals surface area contributed by atoms with E-state index in [1.54, 1.807) is 18.3 Å². The Labute approximate surface area is 203 Å². The standard InChI is InChI=1S/C25H29F2N7O/c1-3-22-23(30-19-7-4-6-18(12-19)13-26)9-8-20(31-22)14-29-33-25-28-15-21(27)24(32-25)34-10-5-11-35-17(2)16-34/h4,6-9,12,14-15,17,30H,3,5,10-11,13,16H2,1-2H3,(H,28,32,33)/b29-14+. The van der Waals surface area contributed by atoms with E-state index in [1.807, 2.05) is 43.0 Å². The minimum atomic E-state index is -0.512. The lowest BCUT2D eigenvalue weighted by Gasteiger charge is -2.23. The van der Waals surface area contributed by atoms with E-state index in [0.717, 1.165) is 29.7 Å². The molecule has 184 valence electrons. The lowest BCUT2D eigenvalue weighted by atomic mass is 10.2. The highest BCUT2D eigenvalue weighted by Crippen LogP contribution is 2.22. The molecule has 1 unspecified atom stereocenters. The van der Waals surface area contributed by atoms with Gasteiger partial charge in [-0.15, -0.1) is 0 Å². The van der Waals surface area contributed by atoms with Crippen molar-refractivity contribution in [3.63, 3.8) is 0 Å². The molecule has 1 aliphatic heterocycles. The zero-order valence-corrected chi connectivity index (χ0v) is 19.8. The third kappa shape index (κ3) is 6.48. The van der Waals surface area contributed by atoms with Crippen LogP contribution in [0.4, 0.5) is 31.9 Å². The van der Waals surface area contributed by atoms with Crippen LogP contribution < -0.4 is 15.6 Å². The van der Waals surface area contributed by atoms with Gasteiger partial charge < -0.3 is 15.0 Å². The van der Waals surface area contributed by atoms with E-state index in [1.165, 1.54) is 0 Å². The van der Waals surface area contributed by atoms with Crippen LogP contribution in [0.25, 0.3) is 0 Å². The topological polar surface area (TPSA) is 87.6 Å². The number of rotatable bonds is 8.